The minimum atomic E-state index is -1.45. The van der Waals surface area contributed by atoms with E-state index < -0.39 is 6.29 Å². The van der Waals surface area contributed by atoms with E-state index in [4.69, 9.17) is 0 Å². The van der Waals surface area contributed by atoms with Crippen LogP contribution in [-0.4, -0.2) is 46.6 Å². The van der Waals surface area contributed by atoms with Crippen LogP contribution in [0.1, 0.15) is 22.5 Å². The van der Waals surface area contributed by atoms with Crippen molar-refractivity contribution in [2.45, 2.75) is 25.7 Å². The molecule has 2 amide bonds. The van der Waals surface area contributed by atoms with Gasteiger partial charge in [0.25, 0.3) is 0 Å². The molecule has 162 valence electrons. The van der Waals surface area contributed by atoms with Gasteiger partial charge >= 0.3 is 6.03 Å². The Bertz CT molecular complexity index is 992. The average Bonchev–Trinajstić information content (AvgIpc) is 2.75. The van der Waals surface area contributed by atoms with E-state index in [0.29, 0.717) is 35.9 Å². The topological polar surface area (TPSA) is 111 Å². The monoisotopic (exact) mass is 421 g/mol. The zero-order chi connectivity index (χ0) is 22.2. The van der Waals surface area contributed by atoms with Crippen molar-refractivity contribution in [1.29, 1.82) is 0 Å². The maximum absolute atomic E-state index is 12.1. The van der Waals surface area contributed by atoms with Gasteiger partial charge in [-0.05, 0) is 23.3 Å². The van der Waals surface area contributed by atoms with Gasteiger partial charge in [0.15, 0.2) is 6.29 Å². The van der Waals surface area contributed by atoms with Gasteiger partial charge in [-0.25, -0.2) is 14.8 Å². The van der Waals surface area contributed by atoms with E-state index >= 15 is 0 Å². The van der Waals surface area contributed by atoms with Gasteiger partial charge in [-0.15, -0.1) is 0 Å². The van der Waals surface area contributed by atoms with Crippen molar-refractivity contribution in [3.05, 3.63) is 83.3 Å². The summed E-state index contributed by atoms with van der Waals surface area (Å²) >= 11 is 0. The molecule has 0 fully saturated rings. The molecule has 0 saturated carbocycles. The Labute approximate surface area is 181 Å². The molecule has 31 heavy (non-hydrogen) atoms. The predicted octanol–water partition coefficient (Wildman–Crippen LogP) is 2.31. The maximum atomic E-state index is 12.1. The second-order valence-electron chi connectivity index (χ2n) is 7.38. The molecule has 0 radical (unpaired) electrons. The molecule has 0 aliphatic heterocycles. The van der Waals surface area contributed by atoms with Gasteiger partial charge in [0.2, 0.25) is 0 Å². The number of anilines is 2. The molecule has 0 aliphatic carbocycles. The fourth-order valence-electron chi connectivity index (χ4n) is 3.09. The number of amides is 2. The smallest absolute Gasteiger partial charge is 0.319 e. The minimum absolute atomic E-state index is 0.0699. The van der Waals surface area contributed by atoms with Gasteiger partial charge in [0.1, 0.15) is 11.6 Å². The normalized spacial score (nSPS) is 10.7. The number of aliphatic hydroxyl groups excluding tert-OH is 1. The van der Waals surface area contributed by atoms with Gasteiger partial charge in [-0.2, -0.15) is 0 Å². The lowest BCUT2D eigenvalue weighted by Gasteiger charge is -2.17. The summed E-state index contributed by atoms with van der Waals surface area (Å²) in [7, 11) is 3.70. The number of carbonyl (C=O) groups excluding carboxylic acids is 1. The molecular weight excluding hydrogens is 394 g/mol. The highest BCUT2D eigenvalue weighted by Gasteiger charge is 2.12. The van der Waals surface area contributed by atoms with Crippen molar-refractivity contribution < 1.29 is 15.0 Å². The number of nitrogens with one attached hydrogen (secondary N) is 2. The van der Waals surface area contributed by atoms with Crippen LogP contribution < -0.4 is 15.5 Å². The first kappa shape index (κ1) is 22.2. The summed E-state index contributed by atoms with van der Waals surface area (Å²) in [5.41, 5.74) is 3.39. The third-order valence-electron chi connectivity index (χ3n) is 4.59. The summed E-state index contributed by atoms with van der Waals surface area (Å²) in [5.74, 6) is 1.28. The third kappa shape index (κ3) is 6.77. The molecule has 0 spiro atoms. The Kier molecular flexibility index (Phi) is 7.53. The van der Waals surface area contributed by atoms with E-state index in [1.165, 1.54) is 0 Å². The van der Waals surface area contributed by atoms with E-state index in [1.54, 1.807) is 6.20 Å². The number of hydrogen-bond acceptors (Lipinski definition) is 6. The van der Waals surface area contributed by atoms with Crippen molar-refractivity contribution in [2.75, 3.05) is 24.3 Å². The number of rotatable bonds is 8. The summed E-state index contributed by atoms with van der Waals surface area (Å²) in [4.78, 5) is 22.8. The summed E-state index contributed by atoms with van der Waals surface area (Å²) in [5, 5.41) is 24.1. The highest BCUT2D eigenvalue weighted by molar-refractivity contribution is 5.89. The van der Waals surface area contributed by atoms with Crippen molar-refractivity contribution in [1.82, 2.24) is 15.3 Å². The van der Waals surface area contributed by atoms with E-state index in [0.717, 1.165) is 11.1 Å². The van der Waals surface area contributed by atoms with Crippen molar-refractivity contribution in [2.24, 2.45) is 0 Å². The van der Waals surface area contributed by atoms with Gasteiger partial charge in [0, 0.05) is 50.9 Å². The van der Waals surface area contributed by atoms with Gasteiger partial charge in [-0.1, -0.05) is 42.5 Å². The van der Waals surface area contributed by atoms with Crippen LogP contribution in [-0.2, 0) is 19.4 Å². The molecule has 2 aromatic carbocycles. The lowest BCUT2D eigenvalue weighted by molar-refractivity contribution is -0.0381. The van der Waals surface area contributed by atoms with E-state index in [-0.39, 0.29) is 12.5 Å². The molecule has 0 bridgehead atoms. The predicted molar refractivity (Wildman–Crippen MR) is 120 cm³/mol. The van der Waals surface area contributed by atoms with Crippen LogP contribution in [0.3, 0.4) is 0 Å². The first-order valence-corrected chi connectivity index (χ1v) is 9.96. The standard InChI is InChI=1S/C23H27N5O3/c1-28(2)22-18(13-21(29)30)15-24-20(27-22)12-16-8-10-19(11-9-16)26-23(31)25-14-17-6-4-3-5-7-17/h3-11,15,21,29-30H,12-14H2,1-2H3,(H2,25,26,31). The lowest BCUT2D eigenvalue weighted by Crippen LogP contribution is -2.28. The Morgan fingerprint density at radius 3 is 2.39 bits per heavy atom. The second kappa shape index (κ2) is 10.5. The SMILES string of the molecule is CN(C)c1nc(Cc2ccc(NC(=O)NCc3ccccc3)cc2)ncc1CC(O)O. The molecular formula is C23H27N5O3. The fraction of sp³-hybridized carbons (Fsp3) is 0.261. The van der Waals surface area contributed by atoms with Crippen LogP contribution in [0.4, 0.5) is 16.3 Å². The lowest BCUT2D eigenvalue weighted by atomic mass is 10.1. The van der Waals surface area contributed by atoms with E-state index in [9.17, 15) is 15.0 Å². The van der Waals surface area contributed by atoms with Crippen LogP contribution in [0.2, 0.25) is 0 Å². The minimum Gasteiger partial charge on any atom is -0.368 e. The molecule has 1 heterocycles. The molecule has 1 aromatic heterocycles. The Morgan fingerprint density at radius 2 is 1.74 bits per heavy atom. The first-order valence-electron chi connectivity index (χ1n) is 9.96. The molecule has 0 saturated heterocycles. The molecule has 4 N–H and O–H groups in total. The van der Waals surface area contributed by atoms with E-state index in [1.807, 2.05) is 73.6 Å². The number of hydrogen-bond donors (Lipinski definition) is 4. The quantitative estimate of drug-likeness (QED) is 0.416. The zero-order valence-corrected chi connectivity index (χ0v) is 17.6. The Morgan fingerprint density at radius 1 is 1.03 bits per heavy atom. The third-order valence-corrected chi connectivity index (χ3v) is 4.59. The van der Waals surface area contributed by atoms with Crippen molar-refractivity contribution in [3.63, 3.8) is 0 Å². The van der Waals surface area contributed by atoms with Gasteiger partial charge < -0.3 is 25.7 Å². The number of aromatic nitrogens is 2. The van der Waals surface area contributed by atoms with Crippen LogP contribution in [0.15, 0.2) is 60.8 Å². The maximum Gasteiger partial charge on any atom is 0.319 e. The zero-order valence-electron chi connectivity index (χ0n) is 17.6. The fourth-order valence-corrected chi connectivity index (χ4v) is 3.09. The van der Waals surface area contributed by atoms with Crippen LogP contribution in [0, 0.1) is 0 Å². The van der Waals surface area contributed by atoms with Crippen molar-refractivity contribution in [3.8, 4) is 0 Å². The highest BCUT2D eigenvalue weighted by Crippen LogP contribution is 2.18. The molecule has 8 heteroatoms. The molecule has 3 rings (SSSR count). The summed E-state index contributed by atoms with van der Waals surface area (Å²) < 4.78 is 0. The van der Waals surface area contributed by atoms with Crippen LogP contribution in [0.5, 0.6) is 0 Å². The van der Waals surface area contributed by atoms with Gasteiger partial charge in [-0.3, -0.25) is 0 Å². The Hall–Kier alpha value is -3.49. The molecule has 0 aliphatic rings. The number of carbonyl (C=O) groups is 1. The first-order chi connectivity index (χ1) is 14.9. The summed E-state index contributed by atoms with van der Waals surface area (Å²) in [6, 6.07) is 16.9. The van der Waals surface area contributed by atoms with Gasteiger partial charge in [0.05, 0.1) is 0 Å². The second-order valence-corrected chi connectivity index (χ2v) is 7.38. The van der Waals surface area contributed by atoms with Crippen molar-refractivity contribution >= 4 is 17.5 Å². The summed E-state index contributed by atoms with van der Waals surface area (Å²) in [6.45, 7) is 0.458. The summed E-state index contributed by atoms with van der Waals surface area (Å²) in [6.07, 6.45) is 0.770. The van der Waals surface area contributed by atoms with Crippen LogP contribution >= 0.6 is 0 Å². The molecule has 8 nitrogen and oxygen atoms in total. The Balaban J connectivity index is 1.58. The van der Waals surface area contributed by atoms with Crippen LogP contribution in [0.25, 0.3) is 0 Å². The molecule has 0 unspecified atom stereocenters. The highest BCUT2D eigenvalue weighted by atomic mass is 16.5. The number of benzene rings is 2. The molecule has 0 atom stereocenters. The number of urea groups is 1. The number of aliphatic hydroxyl groups is 2. The van der Waals surface area contributed by atoms with E-state index in [2.05, 4.69) is 20.6 Å². The number of nitrogens with zero attached hydrogens (tertiary/aromatic N) is 3. The molecule has 3 aromatic rings. The largest absolute Gasteiger partial charge is 0.368 e. The average molecular weight is 422 g/mol.